The highest BCUT2D eigenvalue weighted by atomic mass is 35.5. The van der Waals surface area contributed by atoms with Gasteiger partial charge in [-0.05, 0) is 31.1 Å². The average molecular weight is 503 g/mol. The van der Waals surface area contributed by atoms with Gasteiger partial charge in [0.1, 0.15) is 6.61 Å². The quantitative estimate of drug-likeness (QED) is 0.674. The van der Waals surface area contributed by atoms with Crippen LogP contribution in [0.3, 0.4) is 0 Å². The van der Waals surface area contributed by atoms with Crippen LogP contribution < -0.4 is 0 Å². The van der Waals surface area contributed by atoms with E-state index in [2.05, 4.69) is 15.0 Å². The summed E-state index contributed by atoms with van der Waals surface area (Å²) in [5, 5.41) is 14.3. The van der Waals surface area contributed by atoms with Gasteiger partial charge >= 0.3 is 0 Å². The molecule has 1 N–H and O–H groups in total. The first-order valence-electron chi connectivity index (χ1n) is 10.4. The van der Waals surface area contributed by atoms with Gasteiger partial charge in [0.15, 0.2) is 5.82 Å². The van der Waals surface area contributed by atoms with Gasteiger partial charge in [-0.1, -0.05) is 23.2 Å². The second-order valence-corrected chi connectivity index (χ2v) is 10.7. The molecule has 3 aliphatic heterocycles. The standard InChI is InChI=1S/C21H22Cl2F2N4O2S/c22-15-2-1-5-26-19(15)29-10-13(16(11-30)27-29)9-28-6-3-20(4-7-28)18-14(8-17(23)32-18)21(24,25)12-31-20/h1-2,5,8,10,14,18,30H,3-4,6-7,9,11-12H2. The Bertz CT molecular complexity index is 1040. The number of allylic oxidation sites excluding steroid dienone is 1. The highest BCUT2D eigenvalue weighted by Gasteiger charge is 2.60. The molecule has 2 saturated heterocycles. The molecule has 1 spiro atoms. The Labute approximate surface area is 198 Å². The van der Waals surface area contributed by atoms with Crippen LogP contribution in [0.15, 0.2) is 35.0 Å². The maximum atomic E-state index is 14.4. The minimum atomic E-state index is -2.89. The van der Waals surface area contributed by atoms with E-state index in [1.807, 2.05) is 6.20 Å². The summed E-state index contributed by atoms with van der Waals surface area (Å²) in [6.45, 7) is 1.18. The summed E-state index contributed by atoms with van der Waals surface area (Å²) < 4.78 is 36.6. The summed E-state index contributed by atoms with van der Waals surface area (Å²) in [6, 6.07) is 3.48. The number of aliphatic hydroxyl groups is 1. The molecule has 0 amide bonds. The van der Waals surface area contributed by atoms with E-state index in [9.17, 15) is 13.9 Å². The number of pyridine rings is 1. The third-order valence-electron chi connectivity index (χ3n) is 6.51. The first-order chi connectivity index (χ1) is 15.3. The summed E-state index contributed by atoms with van der Waals surface area (Å²) in [5.41, 5.74) is 0.827. The molecule has 2 aromatic rings. The van der Waals surface area contributed by atoms with E-state index < -0.39 is 24.0 Å². The van der Waals surface area contributed by atoms with Crippen LogP contribution in [-0.4, -0.2) is 61.2 Å². The van der Waals surface area contributed by atoms with Crippen LogP contribution in [0.4, 0.5) is 8.78 Å². The van der Waals surface area contributed by atoms with E-state index >= 15 is 0 Å². The van der Waals surface area contributed by atoms with Crippen LogP contribution >= 0.6 is 35.0 Å². The number of thioether (sulfide) groups is 1. The normalized spacial score (nSPS) is 26.8. The molecule has 32 heavy (non-hydrogen) atoms. The molecule has 2 aromatic heterocycles. The number of piperidine rings is 1. The Balaban J connectivity index is 1.29. The number of halogens is 4. The molecule has 0 bridgehead atoms. The molecule has 0 saturated carbocycles. The van der Waals surface area contributed by atoms with Crippen molar-refractivity contribution < 1.29 is 18.6 Å². The van der Waals surface area contributed by atoms with Crippen LogP contribution in [0.25, 0.3) is 5.82 Å². The average Bonchev–Trinajstić information content (AvgIpc) is 3.37. The predicted octanol–water partition coefficient (Wildman–Crippen LogP) is 4.22. The zero-order valence-corrected chi connectivity index (χ0v) is 19.4. The Morgan fingerprint density at radius 1 is 1.28 bits per heavy atom. The fourth-order valence-corrected chi connectivity index (χ4v) is 6.83. The third kappa shape index (κ3) is 3.97. The van der Waals surface area contributed by atoms with Gasteiger partial charge in [-0.25, -0.2) is 18.4 Å². The van der Waals surface area contributed by atoms with Gasteiger partial charge in [0.2, 0.25) is 0 Å². The van der Waals surface area contributed by atoms with E-state index in [4.69, 9.17) is 27.9 Å². The van der Waals surface area contributed by atoms with Gasteiger partial charge in [-0.2, -0.15) is 5.10 Å². The fourth-order valence-electron chi connectivity index (χ4n) is 4.78. The lowest BCUT2D eigenvalue weighted by Gasteiger charge is -2.51. The number of nitrogens with zero attached hydrogens (tertiary/aromatic N) is 4. The molecule has 0 aromatic carbocycles. The van der Waals surface area contributed by atoms with E-state index in [1.165, 1.54) is 17.8 Å². The van der Waals surface area contributed by atoms with Crippen LogP contribution in [0.5, 0.6) is 0 Å². The fraction of sp³-hybridized carbons (Fsp3) is 0.524. The van der Waals surface area contributed by atoms with Gasteiger partial charge < -0.3 is 9.84 Å². The lowest BCUT2D eigenvalue weighted by Crippen LogP contribution is -2.61. The van der Waals surface area contributed by atoms with Crippen molar-refractivity contribution in [1.29, 1.82) is 0 Å². The number of ether oxygens (including phenoxy) is 1. The predicted molar refractivity (Wildman–Crippen MR) is 119 cm³/mol. The van der Waals surface area contributed by atoms with Crippen molar-refractivity contribution in [3.8, 4) is 5.82 Å². The monoisotopic (exact) mass is 502 g/mol. The van der Waals surface area contributed by atoms with Crippen molar-refractivity contribution in [1.82, 2.24) is 19.7 Å². The first-order valence-corrected chi connectivity index (χ1v) is 12.0. The van der Waals surface area contributed by atoms with E-state index in [1.54, 1.807) is 23.0 Å². The van der Waals surface area contributed by atoms with Gasteiger partial charge in [0.05, 0.1) is 38.5 Å². The molecule has 0 aliphatic carbocycles. The smallest absolute Gasteiger partial charge is 0.278 e. The van der Waals surface area contributed by atoms with Crippen molar-refractivity contribution >= 4 is 35.0 Å². The minimum Gasteiger partial charge on any atom is -0.390 e. The second kappa shape index (κ2) is 8.52. The van der Waals surface area contributed by atoms with Crippen molar-refractivity contribution in [2.75, 3.05) is 19.7 Å². The van der Waals surface area contributed by atoms with Crippen LogP contribution in [0.2, 0.25) is 5.02 Å². The minimum absolute atomic E-state index is 0.201. The molecule has 172 valence electrons. The number of fused-ring (bicyclic) bond motifs is 2. The largest absolute Gasteiger partial charge is 0.390 e. The highest BCUT2D eigenvalue weighted by molar-refractivity contribution is 8.05. The number of aromatic nitrogens is 3. The molecule has 0 radical (unpaired) electrons. The Hall–Kier alpha value is -1.23. The highest BCUT2D eigenvalue weighted by Crippen LogP contribution is 2.56. The molecule has 2 atom stereocenters. The molecule has 5 heterocycles. The van der Waals surface area contributed by atoms with Crippen molar-refractivity contribution in [2.24, 2.45) is 5.92 Å². The van der Waals surface area contributed by atoms with E-state index in [-0.39, 0.29) is 11.9 Å². The van der Waals surface area contributed by atoms with Gasteiger partial charge in [-0.3, -0.25) is 4.90 Å². The molecule has 2 unspecified atom stereocenters. The SMILES string of the molecule is OCc1nn(-c2ncccc2Cl)cc1CN1CCC2(CC1)OCC(F)(F)C1C=C(Cl)SC12. The van der Waals surface area contributed by atoms with Gasteiger partial charge in [-0.15, -0.1) is 11.8 Å². The Morgan fingerprint density at radius 2 is 2.06 bits per heavy atom. The topological polar surface area (TPSA) is 63.4 Å². The van der Waals surface area contributed by atoms with Crippen molar-refractivity contribution in [3.63, 3.8) is 0 Å². The molecular weight excluding hydrogens is 481 g/mol. The van der Waals surface area contributed by atoms with Crippen molar-refractivity contribution in [3.05, 3.63) is 51.2 Å². The second-order valence-electron chi connectivity index (χ2n) is 8.44. The summed E-state index contributed by atoms with van der Waals surface area (Å²) >= 11 is 13.7. The Kier molecular flexibility index (Phi) is 6.01. The number of rotatable bonds is 4. The molecular formula is C21H22Cl2F2N4O2S. The number of aliphatic hydroxyl groups excluding tert-OH is 1. The number of hydrogen-bond acceptors (Lipinski definition) is 6. The maximum Gasteiger partial charge on any atom is 0.278 e. The van der Waals surface area contributed by atoms with Gasteiger partial charge in [0.25, 0.3) is 5.92 Å². The number of alkyl halides is 2. The van der Waals surface area contributed by atoms with Crippen molar-refractivity contribution in [2.45, 2.75) is 42.8 Å². The maximum absolute atomic E-state index is 14.4. The summed E-state index contributed by atoms with van der Waals surface area (Å²) in [7, 11) is 0. The third-order valence-corrected chi connectivity index (χ3v) is 8.54. The zero-order chi connectivity index (χ0) is 22.5. The number of likely N-dealkylation sites (tertiary alicyclic amines) is 1. The molecule has 2 fully saturated rings. The molecule has 5 rings (SSSR count). The van der Waals surface area contributed by atoms with E-state index in [0.29, 0.717) is 53.4 Å². The lowest BCUT2D eigenvalue weighted by molar-refractivity contribution is -0.215. The summed E-state index contributed by atoms with van der Waals surface area (Å²) in [6.07, 6.45) is 6.24. The molecule has 6 nitrogen and oxygen atoms in total. The lowest BCUT2D eigenvalue weighted by atomic mass is 9.77. The van der Waals surface area contributed by atoms with Crippen LogP contribution in [0, 0.1) is 5.92 Å². The molecule has 3 aliphatic rings. The summed E-state index contributed by atoms with van der Waals surface area (Å²) in [4.78, 5) is 6.49. The Morgan fingerprint density at radius 3 is 2.78 bits per heavy atom. The van der Waals surface area contributed by atoms with Gasteiger partial charge in [0, 0.05) is 37.6 Å². The number of hydrogen-bond donors (Lipinski definition) is 1. The van der Waals surface area contributed by atoms with Crippen LogP contribution in [-0.2, 0) is 17.9 Å². The van der Waals surface area contributed by atoms with Crippen LogP contribution in [0.1, 0.15) is 24.1 Å². The zero-order valence-electron chi connectivity index (χ0n) is 17.1. The summed E-state index contributed by atoms with van der Waals surface area (Å²) in [5.74, 6) is -3.28. The van der Waals surface area contributed by atoms with E-state index in [0.717, 1.165) is 5.56 Å². The molecule has 11 heteroatoms. The first kappa shape index (κ1) is 22.6.